The molecule has 1 aliphatic heterocycles. The van der Waals surface area contributed by atoms with Crippen LogP contribution in [0.3, 0.4) is 0 Å². The number of piperidine rings is 1. The van der Waals surface area contributed by atoms with Crippen molar-refractivity contribution in [2.24, 2.45) is 7.05 Å². The number of halogens is 3. The number of carbonyl (C=O) groups is 1. The molecule has 0 bridgehead atoms. The molecule has 0 saturated carbocycles. The van der Waals surface area contributed by atoms with Crippen molar-refractivity contribution in [2.75, 3.05) is 18.4 Å². The van der Waals surface area contributed by atoms with E-state index < -0.39 is 23.8 Å². The van der Waals surface area contributed by atoms with E-state index in [4.69, 9.17) is 0 Å². The van der Waals surface area contributed by atoms with Crippen molar-refractivity contribution < 1.29 is 18.0 Å². The number of nitrogens with zero attached hydrogens (tertiary/aromatic N) is 2. The van der Waals surface area contributed by atoms with Gasteiger partial charge in [0.25, 0.3) is 12.0 Å². The molecule has 0 radical (unpaired) electrons. The van der Waals surface area contributed by atoms with Crippen molar-refractivity contribution in [1.82, 2.24) is 9.47 Å². The van der Waals surface area contributed by atoms with Crippen molar-refractivity contribution in [3.8, 4) is 0 Å². The predicted octanol–water partition coefficient (Wildman–Crippen LogP) is 4.36. The van der Waals surface area contributed by atoms with Gasteiger partial charge in [-0.05, 0) is 25.8 Å². The molecule has 1 saturated heterocycles. The topological polar surface area (TPSA) is 54.3 Å². The molecule has 8 heteroatoms. The number of aromatic nitrogens is 1. The van der Waals surface area contributed by atoms with E-state index in [9.17, 15) is 22.8 Å². The van der Waals surface area contributed by atoms with Crippen LogP contribution in [0.4, 0.5) is 18.9 Å². The number of alkyl halides is 2. The first-order valence-corrected chi connectivity index (χ1v) is 9.98. The summed E-state index contributed by atoms with van der Waals surface area (Å²) in [7, 11) is 1.70. The highest BCUT2D eigenvalue weighted by molar-refractivity contribution is 5.73. The fourth-order valence-corrected chi connectivity index (χ4v) is 4.02. The Morgan fingerprint density at radius 2 is 1.80 bits per heavy atom. The Balaban J connectivity index is 1.84. The number of amides is 1. The van der Waals surface area contributed by atoms with Crippen molar-refractivity contribution in [1.29, 1.82) is 0 Å². The van der Waals surface area contributed by atoms with Gasteiger partial charge in [0.15, 0.2) is 0 Å². The van der Waals surface area contributed by atoms with Crippen molar-refractivity contribution in [3.63, 3.8) is 0 Å². The molecule has 30 heavy (non-hydrogen) atoms. The molecule has 2 heterocycles. The number of rotatable bonds is 5. The maximum Gasteiger partial charge on any atom is 0.266 e. The lowest BCUT2D eigenvalue weighted by Crippen LogP contribution is -2.37. The van der Waals surface area contributed by atoms with Gasteiger partial charge < -0.3 is 14.8 Å². The fourth-order valence-electron chi connectivity index (χ4n) is 4.02. The maximum atomic E-state index is 14.5. The quantitative estimate of drug-likeness (QED) is 0.781. The molecule has 1 aromatic carbocycles. The first kappa shape index (κ1) is 21.9. The summed E-state index contributed by atoms with van der Waals surface area (Å²) in [5.41, 5.74) is 0.615. The van der Waals surface area contributed by atoms with Gasteiger partial charge in [-0.25, -0.2) is 13.2 Å². The maximum absolute atomic E-state index is 14.5. The summed E-state index contributed by atoms with van der Waals surface area (Å²) in [6.45, 7) is 4.47. The Bertz CT molecular complexity index is 982. The van der Waals surface area contributed by atoms with Crippen LogP contribution in [0, 0.1) is 5.82 Å². The third kappa shape index (κ3) is 4.52. The summed E-state index contributed by atoms with van der Waals surface area (Å²) >= 11 is 0. The minimum absolute atomic E-state index is 0.0413. The minimum atomic E-state index is -2.89. The highest BCUT2D eigenvalue weighted by atomic mass is 19.3. The molecule has 1 N–H and O–H groups in total. The number of benzene rings is 1. The molecule has 3 rings (SSSR count). The van der Waals surface area contributed by atoms with Gasteiger partial charge in [-0.15, -0.1) is 0 Å². The van der Waals surface area contributed by atoms with Gasteiger partial charge in [0.2, 0.25) is 5.91 Å². The van der Waals surface area contributed by atoms with Crippen molar-refractivity contribution in [2.45, 2.75) is 45.1 Å². The first-order valence-electron chi connectivity index (χ1n) is 9.98. The molecule has 2 aromatic rings. The molecular weight excluding hydrogens is 395 g/mol. The molecule has 1 fully saturated rings. The van der Waals surface area contributed by atoms with Gasteiger partial charge in [0.1, 0.15) is 5.82 Å². The Kier molecular flexibility index (Phi) is 6.53. The van der Waals surface area contributed by atoms with Crippen LogP contribution in [0.15, 0.2) is 35.1 Å². The zero-order valence-corrected chi connectivity index (χ0v) is 17.3. The molecule has 1 atom stereocenters. The van der Waals surface area contributed by atoms with E-state index in [0.717, 1.165) is 24.6 Å². The van der Waals surface area contributed by atoms with Crippen LogP contribution in [0.25, 0.3) is 0 Å². The normalized spacial score (nSPS) is 16.0. The number of hydrogen-bond acceptors (Lipinski definition) is 3. The van der Waals surface area contributed by atoms with Crippen LogP contribution in [0.5, 0.6) is 0 Å². The van der Waals surface area contributed by atoms with Gasteiger partial charge in [-0.3, -0.25) is 9.59 Å². The summed E-state index contributed by atoms with van der Waals surface area (Å²) in [6.07, 6.45) is -1.40. The Morgan fingerprint density at radius 3 is 2.40 bits per heavy atom. The highest BCUT2D eigenvalue weighted by Gasteiger charge is 2.25. The van der Waals surface area contributed by atoms with Crippen LogP contribution in [0.2, 0.25) is 0 Å². The van der Waals surface area contributed by atoms with Gasteiger partial charge in [0, 0.05) is 56.0 Å². The monoisotopic (exact) mass is 421 g/mol. The van der Waals surface area contributed by atoms with E-state index in [1.165, 1.54) is 18.2 Å². The molecule has 0 spiro atoms. The summed E-state index contributed by atoms with van der Waals surface area (Å²) < 4.78 is 42.1. The van der Waals surface area contributed by atoms with E-state index in [0.29, 0.717) is 18.8 Å². The summed E-state index contributed by atoms with van der Waals surface area (Å²) in [5, 5.41) is 3.08. The number of hydrogen-bond donors (Lipinski definition) is 1. The Morgan fingerprint density at radius 1 is 1.17 bits per heavy atom. The molecule has 1 amide bonds. The second-order valence-electron chi connectivity index (χ2n) is 7.76. The number of pyridine rings is 1. The standard InChI is InChI=1S/C22H26F3N3O2/c1-13(17-5-4-6-18(21(17)23)22(24)25)26-16-11-19(27(3)20(30)12-16)15-7-9-28(10-8-15)14(2)29/h4-6,11-13,15,22,26H,7-10H2,1-3H3/t13-/m1/s1. The largest absolute Gasteiger partial charge is 0.378 e. The van der Waals surface area contributed by atoms with E-state index in [-0.39, 0.29) is 22.9 Å². The van der Waals surface area contributed by atoms with Gasteiger partial charge in [-0.2, -0.15) is 0 Å². The fraction of sp³-hybridized carbons (Fsp3) is 0.455. The van der Waals surface area contributed by atoms with E-state index in [2.05, 4.69) is 5.32 Å². The SMILES string of the molecule is CC(=O)N1CCC(c2cc(N[C@H](C)c3cccc(C(F)F)c3F)cc(=O)n2C)CC1. The smallest absolute Gasteiger partial charge is 0.266 e. The van der Waals surface area contributed by atoms with Crippen LogP contribution >= 0.6 is 0 Å². The average molecular weight is 421 g/mol. The van der Waals surface area contributed by atoms with Crippen LogP contribution < -0.4 is 10.9 Å². The molecule has 162 valence electrons. The van der Waals surface area contributed by atoms with Crippen molar-refractivity contribution in [3.05, 3.63) is 63.3 Å². The minimum Gasteiger partial charge on any atom is -0.378 e. The Hall–Kier alpha value is -2.77. The number of anilines is 1. The second-order valence-corrected chi connectivity index (χ2v) is 7.76. The zero-order chi connectivity index (χ0) is 22.0. The number of carbonyl (C=O) groups excluding carboxylic acids is 1. The van der Waals surface area contributed by atoms with Crippen LogP contribution in [0.1, 0.15) is 61.9 Å². The average Bonchev–Trinajstić information content (AvgIpc) is 2.70. The summed E-state index contributed by atoms with van der Waals surface area (Å²) in [4.78, 5) is 25.8. The zero-order valence-electron chi connectivity index (χ0n) is 17.3. The molecular formula is C22H26F3N3O2. The summed E-state index contributed by atoms with van der Waals surface area (Å²) in [6, 6.07) is 6.58. The summed E-state index contributed by atoms with van der Waals surface area (Å²) in [5.74, 6) is -0.776. The number of likely N-dealkylation sites (tertiary alicyclic amines) is 1. The van der Waals surface area contributed by atoms with E-state index in [1.54, 1.807) is 30.4 Å². The highest BCUT2D eigenvalue weighted by Crippen LogP contribution is 2.31. The molecule has 0 aliphatic carbocycles. The Labute approximate surface area is 173 Å². The van der Waals surface area contributed by atoms with E-state index >= 15 is 0 Å². The van der Waals surface area contributed by atoms with Gasteiger partial charge in [0.05, 0.1) is 11.6 Å². The number of nitrogens with one attached hydrogen (secondary N) is 1. The third-order valence-corrected chi connectivity index (χ3v) is 5.80. The molecule has 5 nitrogen and oxygen atoms in total. The lowest BCUT2D eigenvalue weighted by molar-refractivity contribution is -0.129. The lowest BCUT2D eigenvalue weighted by atomic mass is 9.92. The van der Waals surface area contributed by atoms with Crippen LogP contribution in [-0.4, -0.2) is 28.5 Å². The van der Waals surface area contributed by atoms with Gasteiger partial charge in [-0.1, -0.05) is 18.2 Å². The molecule has 1 aromatic heterocycles. The van der Waals surface area contributed by atoms with Crippen molar-refractivity contribution >= 4 is 11.6 Å². The first-order chi connectivity index (χ1) is 14.2. The molecule has 0 unspecified atom stereocenters. The lowest BCUT2D eigenvalue weighted by Gasteiger charge is -2.32. The predicted molar refractivity (Wildman–Crippen MR) is 109 cm³/mol. The third-order valence-electron chi connectivity index (χ3n) is 5.80. The van der Waals surface area contributed by atoms with Gasteiger partial charge >= 0.3 is 0 Å². The van der Waals surface area contributed by atoms with E-state index in [1.807, 2.05) is 6.07 Å². The molecule has 1 aliphatic rings. The second kappa shape index (κ2) is 8.93. The van der Waals surface area contributed by atoms with Crippen LogP contribution in [-0.2, 0) is 11.8 Å².